The first-order valence-electron chi connectivity index (χ1n) is 8.88. The lowest BCUT2D eigenvalue weighted by atomic mass is 10.1. The molecule has 7 nitrogen and oxygen atoms in total. The van der Waals surface area contributed by atoms with E-state index < -0.39 is 28.6 Å². The van der Waals surface area contributed by atoms with Crippen molar-refractivity contribution in [1.82, 2.24) is 15.2 Å². The predicted molar refractivity (Wildman–Crippen MR) is 96.4 cm³/mol. The summed E-state index contributed by atoms with van der Waals surface area (Å²) in [5.74, 6) is -3.08. The Bertz CT molecular complexity index is 987. The van der Waals surface area contributed by atoms with Gasteiger partial charge in [0.25, 0.3) is 0 Å². The highest BCUT2D eigenvalue weighted by molar-refractivity contribution is 5.94. The normalized spacial score (nSPS) is 20.3. The van der Waals surface area contributed by atoms with E-state index in [1.807, 2.05) is 0 Å². The summed E-state index contributed by atoms with van der Waals surface area (Å²) < 4.78 is 31.8. The molecule has 27 heavy (non-hydrogen) atoms. The number of nitrogens with one attached hydrogen (secondary N) is 2. The third-order valence-electron chi connectivity index (χ3n) is 5.19. The molecule has 0 amide bonds. The number of rotatable bonds is 4. The molecule has 1 aromatic heterocycles. The van der Waals surface area contributed by atoms with Gasteiger partial charge in [-0.2, -0.15) is 0 Å². The molecule has 1 saturated heterocycles. The lowest BCUT2D eigenvalue weighted by Gasteiger charge is -2.35. The van der Waals surface area contributed by atoms with Gasteiger partial charge in [-0.3, -0.25) is 10.1 Å². The van der Waals surface area contributed by atoms with E-state index in [1.54, 1.807) is 11.9 Å². The molecular formula is C18H20F2N4O3. The summed E-state index contributed by atoms with van der Waals surface area (Å²) in [5.41, 5.74) is -1.55. The fourth-order valence-corrected chi connectivity index (χ4v) is 3.66. The van der Waals surface area contributed by atoms with E-state index in [4.69, 9.17) is 0 Å². The topological polar surface area (TPSA) is 86.6 Å². The number of fused-ring (bicyclic) bond motifs is 1. The number of aromatic carboxylic acids is 1. The van der Waals surface area contributed by atoms with Crippen LogP contribution in [0.5, 0.6) is 0 Å². The summed E-state index contributed by atoms with van der Waals surface area (Å²) in [7, 11) is 1.76. The molecule has 1 aromatic carbocycles. The zero-order valence-electron chi connectivity index (χ0n) is 14.8. The van der Waals surface area contributed by atoms with Gasteiger partial charge in [0.15, 0.2) is 5.82 Å². The average molecular weight is 378 g/mol. The first-order chi connectivity index (χ1) is 12.9. The van der Waals surface area contributed by atoms with Crippen LogP contribution in [0.2, 0.25) is 0 Å². The molecule has 144 valence electrons. The molecule has 2 fully saturated rings. The minimum absolute atomic E-state index is 0.0246. The molecule has 2 aliphatic rings. The molecule has 2 heterocycles. The van der Waals surface area contributed by atoms with Crippen LogP contribution in [-0.2, 0) is 0 Å². The first kappa shape index (κ1) is 17.9. The standard InChI is InChI=1S/C18H20F2N4O3/c1-21-13-8-23(5-4-22-13)16-12(19)6-10-15(14(16)20)24(9-2-3-9)7-11(17(10)25)18(26)27/h6-7,9,13,21-22H,2-5,8H2,1H3,(H,26,27)/t13-/m0/s1. The Morgan fingerprint density at radius 3 is 2.74 bits per heavy atom. The highest BCUT2D eigenvalue weighted by atomic mass is 19.1. The summed E-state index contributed by atoms with van der Waals surface area (Å²) in [5, 5.41) is 15.3. The maximum atomic E-state index is 15.5. The molecule has 1 atom stereocenters. The molecule has 1 saturated carbocycles. The fourth-order valence-electron chi connectivity index (χ4n) is 3.66. The summed E-state index contributed by atoms with van der Waals surface area (Å²) in [6.07, 6.45) is 2.59. The van der Waals surface area contributed by atoms with Crippen LogP contribution in [0.4, 0.5) is 14.5 Å². The Labute approximate surface area is 153 Å². The van der Waals surface area contributed by atoms with Crippen LogP contribution in [0.3, 0.4) is 0 Å². The molecule has 1 aliphatic heterocycles. The zero-order chi connectivity index (χ0) is 19.3. The molecule has 3 N–H and O–H groups in total. The molecule has 0 radical (unpaired) electrons. The van der Waals surface area contributed by atoms with Crippen LogP contribution in [0.15, 0.2) is 17.1 Å². The second-order valence-corrected chi connectivity index (χ2v) is 6.97. The number of hydrogen-bond acceptors (Lipinski definition) is 5. The smallest absolute Gasteiger partial charge is 0.341 e. The van der Waals surface area contributed by atoms with Crippen molar-refractivity contribution in [3.8, 4) is 0 Å². The summed E-state index contributed by atoms with van der Waals surface area (Å²) in [4.78, 5) is 25.5. The highest BCUT2D eigenvalue weighted by Crippen LogP contribution is 2.39. The molecule has 0 unspecified atom stereocenters. The maximum Gasteiger partial charge on any atom is 0.341 e. The second-order valence-electron chi connectivity index (χ2n) is 6.97. The molecule has 9 heteroatoms. The van der Waals surface area contributed by atoms with E-state index in [2.05, 4.69) is 10.6 Å². The number of carbonyl (C=O) groups is 1. The van der Waals surface area contributed by atoms with Crippen LogP contribution in [-0.4, -0.2) is 48.5 Å². The fraction of sp³-hybridized carbons (Fsp3) is 0.444. The number of hydrogen-bond donors (Lipinski definition) is 3. The molecule has 1 aliphatic carbocycles. The molecule has 4 rings (SSSR count). The second kappa shape index (κ2) is 6.58. The van der Waals surface area contributed by atoms with E-state index in [0.717, 1.165) is 18.9 Å². The summed E-state index contributed by atoms with van der Waals surface area (Å²) in [6, 6.07) is 0.893. The number of benzene rings is 1. The lowest BCUT2D eigenvalue weighted by molar-refractivity contribution is 0.0695. The SMILES string of the molecule is CN[C@@H]1CN(c2c(F)cc3c(=O)c(C(=O)O)cn(C4CC4)c3c2F)CCN1. The van der Waals surface area contributed by atoms with Crippen molar-refractivity contribution >= 4 is 22.6 Å². The third kappa shape index (κ3) is 2.96. The van der Waals surface area contributed by atoms with Crippen molar-refractivity contribution < 1.29 is 18.7 Å². The Morgan fingerprint density at radius 2 is 2.11 bits per heavy atom. The van der Waals surface area contributed by atoms with Gasteiger partial charge in [0.2, 0.25) is 5.43 Å². The minimum atomic E-state index is -1.40. The Hall–Kier alpha value is -2.52. The van der Waals surface area contributed by atoms with E-state index >= 15 is 4.39 Å². The summed E-state index contributed by atoms with van der Waals surface area (Å²) >= 11 is 0. The van der Waals surface area contributed by atoms with Crippen molar-refractivity contribution in [2.24, 2.45) is 0 Å². The minimum Gasteiger partial charge on any atom is -0.477 e. The number of pyridine rings is 1. The van der Waals surface area contributed by atoms with Gasteiger partial charge < -0.3 is 19.9 Å². The zero-order valence-corrected chi connectivity index (χ0v) is 14.8. The van der Waals surface area contributed by atoms with Crippen LogP contribution in [0, 0.1) is 11.6 Å². The van der Waals surface area contributed by atoms with Gasteiger partial charge in [-0.25, -0.2) is 13.6 Å². The van der Waals surface area contributed by atoms with Crippen LogP contribution < -0.4 is 21.0 Å². The van der Waals surface area contributed by atoms with E-state index in [1.165, 1.54) is 10.8 Å². The number of carboxylic acid groups (broad SMARTS) is 1. The highest BCUT2D eigenvalue weighted by Gasteiger charge is 2.31. The maximum absolute atomic E-state index is 15.5. The average Bonchev–Trinajstić information content (AvgIpc) is 3.47. The molecule has 2 aromatic rings. The van der Waals surface area contributed by atoms with Gasteiger partial charge in [0.05, 0.1) is 17.1 Å². The van der Waals surface area contributed by atoms with E-state index in [-0.39, 0.29) is 28.8 Å². The number of piperazine rings is 1. The molecule has 0 spiro atoms. The van der Waals surface area contributed by atoms with Gasteiger partial charge >= 0.3 is 5.97 Å². The van der Waals surface area contributed by atoms with Crippen LogP contribution in [0.25, 0.3) is 10.9 Å². The molecular weight excluding hydrogens is 358 g/mol. The Balaban J connectivity index is 1.95. The Kier molecular flexibility index (Phi) is 4.35. The van der Waals surface area contributed by atoms with Crippen LogP contribution in [0.1, 0.15) is 29.2 Å². The number of carboxylic acids is 1. The van der Waals surface area contributed by atoms with Crippen LogP contribution >= 0.6 is 0 Å². The number of aromatic nitrogens is 1. The monoisotopic (exact) mass is 378 g/mol. The van der Waals surface area contributed by atoms with Gasteiger partial charge in [-0.05, 0) is 26.0 Å². The predicted octanol–water partition coefficient (Wildman–Crippen LogP) is 1.27. The van der Waals surface area contributed by atoms with E-state index in [0.29, 0.717) is 19.6 Å². The third-order valence-corrected chi connectivity index (χ3v) is 5.19. The van der Waals surface area contributed by atoms with Crippen molar-refractivity contribution in [3.63, 3.8) is 0 Å². The van der Waals surface area contributed by atoms with E-state index in [9.17, 15) is 19.1 Å². The van der Waals surface area contributed by atoms with Gasteiger partial charge in [0, 0.05) is 31.9 Å². The van der Waals surface area contributed by atoms with Crippen molar-refractivity contribution in [2.75, 3.05) is 31.6 Å². The largest absolute Gasteiger partial charge is 0.477 e. The van der Waals surface area contributed by atoms with Gasteiger partial charge in [0.1, 0.15) is 17.1 Å². The van der Waals surface area contributed by atoms with Crippen molar-refractivity contribution in [3.05, 3.63) is 39.7 Å². The number of likely N-dealkylation sites (N-methyl/N-ethyl adjacent to an activating group) is 1. The first-order valence-corrected chi connectivity index (χ1v) is 8.88. The molecule has 0 bridgehead atoms. The van der Waals surface area contributed by atoms with Crippen molar-refractivity contribution in [1.29, 1.82) is 0 Å². The van der Waals surface area contributed by atoms with Gasteiger partial charge in [-0.1, -0.05) is 0 Å². The number of halogens is 2. The van der Waals surface area contributed by atoms with Gasteiger partial charge in [-0.15, -0.1) is 0 Å². The van der Waals surface area contributed by atoms with Crippen molar-refractivity contribution in [2.45, 2.75) is 25.0 Å². The lowest BCUT2D eigenvalue weighted by Crippen LogP contribution is -2.56. The Morgan fingerprint density at radius 1 is 1.37 bits per heavy atom. The summed E-state index contributed by atoms with van der Waals surface area (Å²) in [6.45, 7) is 1.32. The quantitative estimate of drug-likeness (QED) is 0.743. The number of nitrogens with zero attached hydrogens (tertiary/aromatic N) is 2. The number of anilines is 1.